The number of nitrogens with one attached hydrogen (secondary N) is 1. The van der Waals surface area contributed by atoms with Gasteiger partial charge >= 0.3 is 0 Å². The number of aliphatic hydroxyl groups excluding tert-OH is 1. The van der Waals surface area contributed by atoms with Crippen molar-refractivity contribution >= 4 is 5.91 Å². The highest BCUT2D eigenvalue weighted by molar-refractivity contribution is 5.94. The first-order chi connectivity index (χ1) is 22.1. The van der Waals surface area contributed by atoms with Gasteiger partial charge in [-0.25, -0.2) is 0 Å². The van der Waals surface area contributed by atoms with Gasteiger partial charge in [0.15, 0.2) is 6.29 Å². The van der Waals surface area contributed by atoms with E-state index in [2.05, 4.69) is 58.7 Å². The number of methoxy groups -OCH3 is 1. The van der Waals surface area contributed by atoms with Crippen molar-refractivity contribution < 1.29 is 24.1 Å². The zero-order valence-electron chi connectivity index (χ0n) is 25.8. The number of ether oxygens (including phenoxy) is 3. The van der Waals surface area contributed by atoms with Gasteiger partial charge in [-0.3, -0.25) is 9.69 Å². The lowest BCUT2D eigenvalue weighted by molar-refractivity contribution is -0.253. The van der Waals surface area contributed by atoms with E-state index in [1.54, 1.807) is 7.11 Å². The molecule has 234 valence electrons. The average Bonchev–Trinajstić information content (AvgIpc) is 3.54. The minimum absolute atomic E-state index is 0.00572. The second-order valence-electron chi connectivity index (χ2n) is 12.0. The number of rotatable bonds is 11. The Kier molecular flexibility index (Phi) is 10.4. The second kappa shape index (κ2) is 15.0. The van der Waals surface area contributed by atoms with Gasteiger partial charge in [0.1, 0.15) is 0 Å². The Labute approximate surface area is 265 Å². The Hall–Kier alpha value is -3.85. The second-order valence-corrected chi connectivity index (χ2v) is 12.0. The molecule has 6 rings (SSSR count). The van der Waals surface area contributed by atoms with Gasteiger partial charge in [-0.1, -0.05) is 84.9 Å². The van der Waals surface area contributed by atoms with Crippen LogP contribution < -0.4 is 5.32 Å². The monoisotopic (exact) mass is 606 g/mol. The largest absolute Gasteiger partial charge is 0.392 e. The van der Waals surface area contributed by atoms with Crippen molar-refractivity contribution in [3.63, 3.8) is 0 Å². The molecule has 0 bridgehead atoms. The topological polar surface area (TPSA) is 80.3 Å². The minimum Gasteiger partial charge on any atom is -0.392 e. The maximum Gasteiger partial charge on any atom is 0.251 e. The first-order valence-corrected chi connectivity index (χ1v) is 15.9. The molecule has 7 heteroatoms. The van der Waals surface area contributed by atoms with Crippen molar-refractivity contribution in [2.45, 2.75) is 57.0 Å². The van der Waals surface area contributed by atoms with Gasteiger partial charge < -0.3 is 24.6 Å². The number of aliphatic hydroxyl groups is 1. The smallest absolute Gasteiger partial charge is 0.251 e. The fraction of sp³-hybridized carbons (Fsp3) is 0.342. The molecule has 2 aliphatic heterocycles. The lowest BCUT2D eigenvalue weighted by Crippen LogP contribution is -2.42. The lowest BCUT2D eigenvalue weighted by Gasteiger charge is -2.38. The number of carbonyl (C=O) groups excluding carboxylic acids is 1. The molecule has 1 amide bonds. The molecular weight excluding hydrogens is 564 g/mol. The molecule has 4 unspecified atom stereocenters. The number of nitrogens with zero attached hydrogens (tertiary/aromatic N) is 1. The summed E-state index contributed by atoms with van der Waals surface area (Å²) in [7, 11) is 1.77. The van der Waals surface area contributed by atoms with E-state index >= 15 is 0 Å². The van der Waals surface area contributed by atoms with Crippen LogP contribution >= 0.6 is 0 Å². The Morgan fingerprint density at radius 1 is 0.889 bits per heavy atom. The predicted octanol–water partition coefficient (Wildman–Crippen LogP) is 6.43. The van der Waals surface area contributed by atoms with Crippen LogP contribution in [0, 0.1) is 0 Å². The van der Waals surface area contributed by atoms with Crippen LogP contribution in [-0.2, 0) is 27.4 Å². The molecular formula is C38H42N2O5. The van der Waals surface area contributed by atoms with Crippen LogP contribution in [0.5, 0.6) is 0 Å². The van der Waals surface area contributed by atoms with E-state index in [0.717, 1.165) is 65.9 Å². The van der Waals surface area contributed by atoms with E-state index in [9.17, 15) is 9.90 Å². The van der Waals surface area contributed by atoms with Crippen molar-refractivity contribution in [1.82, 2.24) is 10.2 Å². The molecule has 0 aromatic heterocycles. The van der Waals surface area contributed by atoms with Crippen molar-refractivity contribution in [2.24, 2.45) is 0 Å². The number of hydrogen-bond donors (Lipinski definition) is 2. The summed E-state index contributed by atoms with van der Waals surface area (Å²) in [4.78, 5) is 15.0. The van der Waals surface area contributed by atoms with Crippen LogP contribution in [0.2, 0.25) is 0 Å². The van der Waals surface area contributed by atoms with Gasteiger partial charge in [0, 0.05) is 43.8 Å². The highest BCUT2D eigenvalue weighted by Gasteiger charge is 2.35. The first kappa shape index (κ1) is 31.1. The van der Waals surface area contributed by atoms with Crippen LogP contribution in [0.4, 0.5) is 0 Å². The molecule has 2 fully saturated rings. The van der Waals surface area contributed by atoms with Crippen LogP contribution in [0.25, 0.3) is 11.1 Å². The predicted molar refractivity (Wildman–Crippen MR) is 174 cm³/mol. The Balaban J connectivity index is 1.16. The summed E-state index contributed by atoms with van der Waals surface area (Å²) in [5, 5.41) is 12.5. The summed E-state index contributed by atoms with van der Waals surface area (Å²) in [6.45, 7) is 3.10. The highest BCUT2D eigenvalue weighted by Crippen LogP contribution is 2.39. The van der Waals surface area contributed by atoms with Crippen molar-refractivity contribution in [3.8, 4) is 11.1 Å². The normalized spacial score (nSPS) is 21.9. The molecule has 7 nitrogen and oxygen atoms in total. The van der Waals surface area contributed by atoms with Gasteiger partial charge in [-0.2, -0.15) is 0 Å². The summed E-state index contributed by atoms with van der Waals surface area (Å²) < 4.78 is 18.7. The molecule has 2 N–H and O–H groups in total. The molecule has 45 heavy (non-hydrogen) atoms. The highest BCUT2D eigenvalue weighted by atomic mass is 16.7. The molecule has 2 saturated heterocycles. The molecule has 4 atom stereocenters. The summed E-state index contributed by atoms with van der Waals surface area (Å²) >= 11 is 0. The fourth-order valence-electron chi connectivity index (χ4n) is 6.38. The van der Waals surface area contributed by atoms with Crippen molar-refractivity contribution in [1.29, 1.82) is 0 Å². The van der Waals surface area contributed by atoms with Crippen LogP contribution in [0.1, 0.15) is 64.3 Å². The Morgan fingerprint density at radius 3 is 2.42 bits per heavy atom. The summed E-state index contributed by atoms with van der Waals surface area (Å²) in [6, 6.07) is 34.3. The Morgan fingerprint density at radius 2 is 1.67 bits per heavy atom. The lowest BCUT2D eigenvalue weighted by atomic mass is 9.98. The van der Waals surface area contributed by atoms with Gasteiger partial charge in [0.25, 0.3) is 5.91 Å². The van der Waals surface area contributed by atoms with Crippen LogP contribution in [0.3, 0.4) is 0 Å². The summed E-state index contributed by atoms with van der Waals surface area (Å²) in [5.74, 6) is -0.0854. The van der Waals surface area contributed by atoms with E-state index in [1.165, 1.54) is 6.42 Å². The van der Waals surface area contributed by atoms with Crippen molar-refractivity contribution in [2.75, 3.05) is 26.8 Å². The van der Waals surface area contributed by atoms with E-state index in [-0.39, 0.29) is 24.7 Å². The number of likely N-dealkylation sites (tertiary alicyclic amines) is 1. The zero-order valence-corrected chi connectivity index (χ0v) is 25.8. The number of benzene rings is 4. The molecule has 0 radical (unpaired) electrons. The van der Waals surface area contributed by atoms with Crippen LogP contribution in [-0.4, -0.2) is 54.9 Å². The molecule has 0 saturated carbocycles. The Bertz CT molecular complexity index is 1530. The van der Waals surface area contributed by atoms with Gasteiger partial charge in [-0.15, -0.1) is 0 Å². The fourth-order valence-corrected chi connectivity index (χ4v) is 6.38. The zero-order chi connectivity index (χ0) is 31.0. The number of amides is 1. The first-order valence-electron chi connectivity index (χ1n) is 15.9. The quantitative estimate of drug-likeness (QED) is 0.205. The average molecular weight is 607 g/mol. The maximum atomic E-state index is 12.5. The minimum atomic E-state index is -0.497. The standard InChI is InChI=1S/C38H42N2O5/c1-43-26-34-11-6-20-40(34)24-35-22-36(30-14-12-27(25-41)13-15-30)45-38(44-35)32-18-16-29(17-19-32)33-10-5-7-28(21-33)23-39-37(42)31-8-3-2-4-9-31/h2-5,7-10,12-19,21,34-36,38,41H,6,11,20,22-26H2,1H3,(H,39,42). The number of carbonyl (C=O) groups is 1. The van der Waals surface area contributed by atoms with E-state index in [4.69, 9.17) is 14.2 Å². The molecule has 4 aromatic rings. The van der Waals surface area contributed by atoms with E-state index in [0.29, 0.717) is 18.2 Å². The molecule has 0 spiro atoms. The summed E-state index contributed by atoms with van der Waals surface area (Å²) in [5.41, 5.74) is 6.80. The summed E-state index contributed by atoms with van der Waals surface area (Å²) in [6.07, 6.45) is 2.47. The van der Waals surface area contributed by atoms with Crippen molar-refractivity contribution in [3.05, 3.63) is 131 Å². The van der Waals surface area contributed by atoms with Crippen LogP contribution in [0.15, 0.2) is 103 Å². The molecule has 0 aliphatic carbocycles. The molecule has 2 aliphatic rings. The molecule has 2 heterocycles. The third-order valence-corrected chi connectivity index (χ3v) is 8.84. The third-order valence-electron chi connectivity index (χ3n) is 8.84. The van der Waals surface area contributed by atoms with E-state index in [1.807, 2.05) is 54.6 Å². The number of hydrogen-bond acceptors (Lipinski definition) is 6. The SMILES string of the molecule is COCC1CCCN1CC1CC(c2ccc(CO)cc2)OC(c2ccc(-c3cccc(CNC(=O)c4ccccc4)c3)cc2)O1. The van der Waals surface area contributed by atoms with E-state index < -0.39 is 6.29 Å². The van der Waals surface area contributed by atoms with Gasteiger partial charge in [0.2, 0.25) is 0 Å². The maximum absolute atomic E-state index is 12.5. The van der Waals surface area contributed by atoms with Gasteiger partial charge in [0.05, 0.1) is 25.4 Å². The van der Waals surface area contributed by atoms with Gasteiger partial charge in [-0.05, 0) is 65.4 Å². The molecule has 4 aromatic carbocycles. The third kappa shape index (κ3) is 7.87.